The van der Waals surface area contributed by atoms with Gasteiger partial charge in [-0.2, -0.15) is 13.2 Å². The highest BCUT2D eigenvalue weighted by Crippen LogP contribution is 2.20. The number of methoxy groups -OCH3 is 1. The van der Waals surface area contributed by atoms with Gasteiger partial charge >= 0.3 is 6.18 Å². The third-order valence-electron chi connectivity index (χ3n) is 2.85. The van der Waals surface area contributed by atoms with Crippen LogP contribution in [-0.2, 0) is 0 Å². The number of nitrogens with two attached hydrogens (primary N) is 1. The molecule has 2 N–H and O–H groups in total. The van der Waals surface area contributed by atoms with Crippen molar-refractivity contribution in [3.63, 3.8) is 0 Å². The fraction of sp³-hybridized carbons (Fsp3) is 0.538. The van der Waals surface area contributed by atoms with E-state index in [-0.39, 0.29) is 6.54 Å². The Balaban J connectivity index is 2.63. The van der Waals surface area contributed by atoms with Crippen molar-refractivity contribution in [1.82, 2.24) is 4.90 Å². The average Bonchev–Trinajstić information content (AvgIpc) is 2.36. The maximum atomic E-state index is 12.3. The molecule has 0 fully saturated rings. The minimum absolute atomic E-state index is 0.169. The number of hydrogen-bond acceptors (Lipinski definition) is 3. The predicted octanol–water partition coefficient (Wildman–Crippen LogP) is 2.58. The minimum Gasteiger partial charge on any atom is -0.497 e. The topological polar surface area (TPSA) is 38.5 Å². The van der Waals surface area contributed by atoms with Crippen LogP contribution in [0.15, 0.2) is 24.3 Å². The second kappa shape index (κ2) is 6.77. The Hall–Kier alpha value is -1.27. The first kappa shape index (κ1) is 15.8. The van der Waals surface area contributed by atoms with Crippen molar-refractivity contribution < 1.29 is 17.9 Å². The third kappa shape index (κ3) is 5.48. The maximum absolute atomic E-state index is 12.3. The van der Waals surface area contributed by atoms with Crippen molar-refractivity contribution in [3.05, 3.63) is 29.8 Å². The van der Waals surface area contributed by atoms with Gasteiger partial charge in [0.05, 0.1) is 13.7 Å². The van der Waals surface area contributed by atoms with E-state index in [1.807, 2.05) is 0 Å². The van der Waals surface area contributed by atoms with Gasteiger partial charge in [-0.15, -0.1) is 0 Å². The summed E-state index contributed by atoms with van der Waals surface area (Å²) in [4.78, 5) is 1.29. The lowest BCUT2D eigenvalue weighted by Gasteiger charge is -2.25. The van der Waals surface area contributed by atoms with Gasteiger partial charge < -0.3 is 10.5 Å². The Morgan fingerprint density at radius 2 is 1.84 bits per heavy atom. The number of hydrogen-bond donors (Lipinski definition) is 1. The molecule has 108 valence electrons. The molecule has 0 amide bonds. The van der Waals surface area contributed by atoms with Gasteiger partial charge in [0, 0.05) is 12.6 Å². The highest BCUT2D eigenvalue weighted by molar-refractivity contribution is 5.29. The van der Waals surface area contributed by atoms with Gasteiger partial charge in [0.15, 0.2) is 0 Å². The first-order valence-electron chi connectivity index (χ1n) is 6.04. The predicted molar refractivity (Wildman–Crippen MR) is 68.1 cm³/mol. The van der Waals surface area contributed by atoms with E-state index in [0.29, 0.717) is 12.3 Å². The molecule has 1 aromatic rings. The summed E-state index contributed by atoms with van der Waals surface area (Å²) in [5.74, 6) is 0.693. The van der Waals surface area contributed by atoms with Crippen LogP contribution in [0.2, 0.25) is 0 Å². The maximum Gasteiger partial charge on any atom is 0.401 e. The van der Waals surface area contributed by atoms with Crippen molar-refractivity contribution in [1.29, 1.82) is 0 Å². The molecule has 0 bridgehead atoms. The number of alkyl halides is 3. The molecule has 1 aromatic carbocycles. The van der Waals surface area contributed by atoms with Gasteiger partial charge in [-0.3, -0.25) is 4.90 Å². The molecule has 6 heteroatoms. The number of rotatable bonds is 6. The molecule has 0 saturated heterocycles. The van der Waals surface area contributed by atoms with E-state index >= 15 is 0 Å². The number of halogens is 3. The highest BCUT2D eigenvalue weighted by atomic mass is 19.4. The third-order valence-corrected chi connectivity index (χ3v) is 2.85. The lowest BCUT2D eigenvalue weighted by Crippen LogP contribution is -2.38. The molecule has 0 saturated carbocycles. The van der Waals surface area contributed by atoms with Crippen LogP contribution in [0.1, 0.15) is 18.5 Å². The van der Waals surface area contributed by atoms with Crippen molar-refractivity contribution in [3.8, 4) is 5.75 Å². The number of likely N-dealkylation sites (N-methyl/N-ethyl adjacent to an activating group) is 1. The van der Waals surface area contributed by atoms with E-state index < -0.39 is 18.8 Å². The van der Waals surface area contributed by atoms with Crippen LogP contribution in [0, 0.1) is 0 Å². The van der Waals surface area contributed by atoms with Crippen LogP contribution in [0.3, 0.4) is 0 Å². The molecule has 1 rings (SSSR count). The minimum atomic E-state index is -4.20. The molecule has 0 aliphatic rings. The molecule has 0 heterocycles. The van der Waals surface area contributed by atoms with E-state index in [0.717, 1.165) is 5.56 Å². The van der Waals surface area contributed by atoms with Gasteiger partial charge in [-0.1, -0.05) is 19.1 Å². The van der Waals surface area contributed by atoms with Crippen LogP contribution in [-0.4, -0.2) is 37.8 Å². The number of benzene rings is 1. The summed E-state index contributed by atoms with van der Waals surface area (Å²) in [7, 11) is 1.55. The van der Waals surface area contributed by atoms with Crippen molar-refractivity contribution in [2.75, 3.05) is 26.7 Å². The van der Waals surface area contributed by atoms with E-state index in [1.54, 1.807) is 38.3 Å². The SMILES string of the molecule is CCN(CC(N)c1ccc(OC)cc1)CC(F)(F)F. The van der Waals surface area contributed by atoms with Gasteiger partial charge in [-0.25, -0.2) is 0 Å². The summed E-state index contributed by atoms with van der Waals surface area (Å²) in [5.41, 5.74) is 6.73. The van der Waals surface area contributed by atoms with E-state index in [9.17, 15) is 13.2 Å². The van der Waals surface area contributed by atoms with Crippen molar-refractivity contribution in [2.24, 2.45) is 5.73 Å². The zero-order valence-corrected chi connectivity index (χ0v) is 11.1. The zero-order chi connectivity index (χ0) is 14.5. The van der Waals surface area contributed by atoms with Crippen LogP contribution < -0.4 is 10.5 Å². The average molecular weight is 276 g/mol. The van der Waals surface area contributed by atoms with Crippen LogP contribution >= 0.6 is 0 Å². The Morgan fingerprint density at radius 1 is 1.26 bits per heavy atom. The van der Waals surface area contributed by atoms with Gasteiger partial charge in [0.2, 0.25) is 0 Å². The van der Waals surface area contributed by atoms with E-state index in [4.69, 9.17) is 10.5 Å². The molecule has 1 atom stereocenters. The molecule has 0 spiro atoms. The highest BCUT2D eigenvalue weighted by Gasteiger charge is 2.30. The van der Waals surface area contributed by atoms with Gasteiger partial charge in [0.1, 0.15) is 5.75 Å². The summed E-state index contributed by atoms with van der Waals surface area (Å²) in [6.07, 6.45) is -4.20. The molecular formula is C13H19F3N2O. The lowest BCUT2D eigenvalue weighted by molar-refractivity contribution is -0.145. The van der Waals surface area contributed by atoms with E-state index in [1.165, 1.54) is 4.90 Å². The molecule has 0 aliphatic heterocycles. The van der Waals surface area contributed by atoms with Crippen LogP contribution in [0.25, 0.3) is 0 Å². The summed E-state index contributed by atoms with van der Waals surface area (Å²) >= 11 is 0. The van der Waals surface area contributed by atoms with E-state index in [2.05, 4.69) is 0 Å². The summed E-state index contributed by atoms with van der Waals surface area (Å²) in [5, 5.41) is 0. The quantitative estimate of drug-likeness (QED) is 0.868. The Labute approximate surface area is 111 Å². The largest absolute Gasteiger partial charge is 0.497 e. The lowest BCUT2D eigenvalue weighted by atomic mass is 10.1. The standard InChI is InChI=1S/C13H19F3N2O/c1-3-18(9-13(14,15)16)8-12(17)10-4-6-11(19-2)7-5-10/h4-7,12H,3,8-9,17H2,1-2H3. The molecule has 19 heavy (non-hydrogen) atoms. The van der Waals surface area contributed by atoms with Crippen molar-refractivity contribution in [2.45, 2.75) is 19.1 Å². The fourth-order valence-electron chi connectivity index (χ4n) is 1.79. The molecule has 0 radical (unpaired) electrons. The summed E-state index contributed by atoms with van der Waals surface area (Å²) in [6.45, 7) is 1.23. The normalized spacial score (nSPS) is 13.6. The fourth-order valence-corrected chi connectivity index (χ4v) is 1.79. The molecule has 3 nitrogen and oxygen atoms in total. The second-order valence-electron chi connectivity index (χ2n) is 4.32. The number of ether oxygens (including phenoxy) is 1. The first-order valence-corrected chi connectivity index (χ1v) is 6.04. The Morgan fingerprint density at radius 3 is 2.26 bits per heavy atom. The molecule has 1 unspecified atom stereocenters. The summed E-state index contributed by atoms with van der Waals surface area (Å²) < 4.78 is 42.1. The van der Waals surface area contributed by atoms with Crippen LogP contribution in [0.5, 0.6) is 5.75 Å². The van der Waals surface area contributed by atoms with Gasteiger partial charge in [-0.05, 0) is 24.2 Å². The monoisotopic (exact) mass is 276 g/mol. The molecule has 0 aliphatic carbocycles. The van der Waals surface area contributed by atoms with Gasteiger partial charge in [0.25, 0.3) is 0 Å². The smallest absolute Gasteiger partial charge is 0.401 e. The first-order chi connectivity index (χ1) is 8.85. The number of nitrogens with zero attached hydrogens (tertiary/aromatic N) is 1. The zero-order valence-electron chi connectivity index (χ0n) is 11.1. The summed E-state index contributed by atoms with van der Waals surface area (Å²) in [6, 6.07) is 6.58. The molecular weight excluding hydrogens is 257 g/mol. The Kier molecular flexibility index (Phi) is 5.62. The van der Waals surface area contributed by atoms with Crippen molar-refractivity contribution >= 4 is 0 Å². The second-order valence-corrected chi connectivity index (χ2v) is 4.32. The van der Waals surface area contributed by atoms with Crippen LogP contribution in [0.4, 0.5) is 13.2 Å². The molecule has 0 aromatic heterocycles. The Bertz CT molecular complexity index is 378.